The molecule has 0 atom stereocenters. The number of hydrogen-bond donors (Lipinski definition) is 1. The molecule has 1 aromatic rings. The minimum atomic E-state index is 0.176. The lowest BCUT2D eigenvalue weighted by Gasteiger charge is -2.27. The number of benzene rings is 1. The van der Waals surface area contributed by atoms with Crippen LogP contribution in [0.25, 0.3) is 0 Å². The fourth-order valence-corrected chi connectivity index (χ4v) is 2.75. The average Bonchev–Trinajstić information content (AvgIpc) is 2.39. The van der Waals surface area contributed by atoms with Crippen molar-refractivity contribution in [1.82, 2.24) is 0 Å². The first-order valence-electron chi connectivity index (χ1n) is 7.46. The number of hydrogen-bond acceptors (Lipinski definition) is 2. The van der Waals surface area contributed by atoms with Crippen LogP contribution in [0.2, 0.25) is 0 Å². The fourth-order valence-electron chi connectivity index (χ4n) is 2.75. The van der Waals surface area contributed by atoms with Gasteiger partial charge in [0.15, 0.2) is 0 Å². The molecule has 0 bridgehead atoms. The van der Waals surface area contributed by atoms with E-state index in [1.165, 1.54) is 37.7 Å². The lowest BCUT2D eigenvalue weighted by atomic mass is 9.86. The van der Waals surface area contributed by atoms with Crippen LogP contribution in [0.1, 0.15) is 58.4 Å². The average molecular weight is 261 g/mol. The molecule has 0 aromatic heterocycles. The zero-order valence-electron chi connectivity index (χ0n) is 12.8. The molecular weight excluding hydrogens is 234 g/mol. The summed E-state index contributed by atoms with van der Waals surface area (Å²) in [6, 6.07) is 7.13. The van der Waals surface area contributed by atoms with Crippen LogP contribution in [0.4, 0.5) is 5.69 Å². The lowest BCUT2D eigenvalue weighted by molar-refractivity contribution is 0.412. The Morgan fingerprint density at radius 3 is 2.37 bits per heavy atom. The minimum Gasteiger partial charge on any atom is -0.495 e. The Hall–Kier alpha value is -1.18. The van der Waals surface area contributed by atoms with Gasteiger partial charge in [-0.15, -0.1) is 0 Å². The summed E-state index contributed by atoms with van der Waals surface area (Å²) in [5.41, 5.74) is 2.68. The maximum absolute atomic E-state index is 5.49. The Bertz CT molecular complexity index is 414. The van der Waals surface area contributed by atoms with Gasteiger partial charge in [0, 0.05) is 6.04 Å². The molecule has 0 amide bonds. The van der Waals surface area contributed by atoms with Crippen LogP contribution >= 0.6 is 0 Å². The summed E-state index contributed by atoms with van der Waals surface area (Å²) in [7, 11) is 1.75. The molecule has 0 aliphatic heterocycles. The van der Waals surface area contributed by atoms with Gasteiger partial charge in [-0.2, -0.15) is 0 Å². The van der Waals surface area contributed by atoms with Crippen LogP contribution in [0.3, 0.4) is 0 Å². The fraction of sp³-hybridized carbons (Fsp3) is 0.647. The Morgan fingerprint density at radius 2 is 1.79 bits per heavy atom. The van der Waals surface area contributed by atoms with Gasteiger partial charge in [-0.3, -0.25) is 0 Å². The van der Waals surface area contributed by atoms with E-state index in [0.29, 0.717) is 6.04 Å². The van der Waals surface area contributed by atoms with Crippen LogP contribution in [-0.2, 0) is 5.41 Å². The van der Waals surface area contributed by atoms with Crippen molar-refractivity contribution in [3.8, 4) is 5.75 Å². The first-order chi connectivity index (χ1) is 9.00. The van der Waals surface area contributed by atoms with E-state index in [9.17, 15) is 0 Å². The molecule has 1 saturated carbocycles. The second-order valence-electron chi connectivity index (χ2n) is 6.64. The number of methoxy groups -OCH3 is 1. The van der Waals surface area contributed by atoms with Gasteiger partial charge in [0.2, 0.25) is 0 Å². The van der Waals surface area contributed by atoms with Crippen LogP contribution in [0, 0.1) is 0 Å². The van der Waals surface area contributed by atoms with Crippen molar-refractivity contribution in [2.45, 2.75) is 64.3 Å². The quantitative estimate of drug-likeness (QED) is 0.848. The highest BCUT2D eigenvalue weighted by atomic mass is 16.5. The molecule has 2 heteroatoms. The van der Waals surface area contributed by atoms with E-state index >= 15 is 0 Å². The lowest BCUT2D eigenvalue weighted by Crippen LogP contribution is -2.23. The summed E-state index contributed by atoms with van der Waals surface area (Å²) < 4.78 is 5.49. The van der Waals surface area contributed by atoms with E-state index in [0.717, 1.165) is 11.4 Å². The van der Waals surface area contributed by atoms with Crippen molar-refractivity contribution >= 4 is 5.69 Å². The van der Waals surface area contributed by atoms with Crippen molar-refractivity contribution < 1.29 is 4.74 Å². The molecule has 1 fully saturated rings. The first kappa shape index (κ1) is 14.2. The number of ether oxygens (including phenoxy) is 1. The molecule has 0 radical (unpaired) electrons. The topological polar surface area (TPSA) is 21.3 Å². The molecule has 106 valence electrons. The van der Waals surface area contributed by atoms with Gasteiger partial charge in [-0.05, 0) is 36.0 Å². The predicted octanol–water partition coefficient (Wildman–Crippen LogP) is 4.74. The van der Waals surface area contributed by atoms with Crippen LogP contribution in [0.5, 0.6) is 5.75 Å². The van der Waals surface area contributed by atoms with Crippen LogP contribution < -0.4 is 10.1 Å². The molecule has 1 aliphatic rings. The summed E-state index contributed by atoms with van der Waals surface area (Å²) in [6.07, 6.45) is 6.64. The second kappa shape index (κ2) is 5.85. The highest BCUT2D eigenvalue weighted by Crippen LogP contribution is 2.33. The summed E-state index contributed by atoms with van der Waals surface area (Å²) in [4.78, 5) is 0. The Kier molecular flexibility index (Phi) is 4.38. The van der Waals surface area contributed by atoms with Gasteiger partial charge in [0.25, 0.3) is 0 Å². The van der Waals surface area contributed by atoms with E-state index in [1.807, 2.05) is 0 Å². The standard InChI is InChI=1S/C17H27NO/c1-17(2,3)13-10-11-16(19-4)15(12-13)18-14-8-6-5-7-9-14/h10-12,14,18H,5-9H2,1-4H3. The van der Waals surface area contributed by atoms with Crippen molar-refractivity contribution in [3.63, 3.8) is 0 Å². The molecule has 2 rings (SSSR count). The number of nitrogens with one attached hydrogen (secondary N) is 1. The van der Waals surface area contributed by atoms with Crippen molar-refractivity contribution in [1.29, 1.82) is 0 Å². The van der Waals surface area contributed by atoms with Crippen molar-refractivity contribution in [2.24, 2.45) is 0 Å². The van der Waals surface area contributed by atoms with E-state index in [2.05, 4.69) is 44.3 Å². The summed E-state index contributed by atoms with van der Waals surface area (Å²) in [5, 5.41) is 3.69. The van der Waals surface area contributed by atoms with Crippen molar-refractivity contribution in [2.75, 3.05) is 12.4 Å². The number of anilines is 1. The maximum Gasteiger partial charge on any atom is 0.141 e. The predicted molar refractivity (Wildman–Crippen MR) is 82.2 cm³/mol. The molecular formula is C17H27NO. The summed E-state index contributed by atoms with van der Waals surface area (Å²) in [5.74, 6) is 0.957. The van der Waals surface area contributed by atoms with Gasteiger partial charge < -0.3 is 10.1 Å². The van der Waals surface area contributed by atoms with Gasteiger partial charge in [0.1, 0.15) is 5.75 Å². The maximum atomic E-state index is 5.49. The SMILES string of the molecule is COc1ccc(C(C)(C)C)cc1NC1CCCCC1. The highest BCUT2D eigenvalue weighted by Gasteiger charge is 2.18. The largest absolute Gasteiger partial charge is 0.495 e. The Labute approximate surface area is 117 Å². The van der Waals surface area contributed by atoms with Gasteiger partial charge in [-0.1, -0.05) is 46.1 Å². The van der Waals surface area contributed by atoms with Crippen LogP contribution in [-0.4, -0.2) is 13.2 Å². The van der Waals surface area contributed by atoms with Gasteiger partial charge in [-0.25, -0.2) is 0 Å². The zero-order chi connectivity index (χ0) is 13.9. The van der Waals surface area contributed by atoms with E-state index in [4.69, 9.17) is 4.74 Å². The molecule has 1 N–H and O–H groups in total. The molecule has 1 aromatic carbocycles. The third-order valence-electron chi connectivity index (χ3n) is 4.03. The molecule has 2 nitrogen and oxygen atoms in total. The molecule has 0 heterocycles. The van der Waals surface area contributed by atoms with Crippen molar-refractivity contribution in [3.05, 3.63) is 23.8 Å². The first-order valence-corrected chi connectivity index (χ1v) is 7.46. The van der Waals surface area contributed by atoms with E-state index < -0.39 is 0 Å². The van der Waals surface area contributed by atoms with Crippen LogP contribution in [0.15, 0.2) is 18.2 Å². The monoisotopic (exact) mass is 261 g/mol. The molecule has 0 unspecified atom stereocenters. The Morgan fingerprint density at radius 1 is 1.11 bits per heavy atom. The van der Waals surface area contributed by atoms with Gasteiger partial charge >= 0.3 is 0 Å². The minimum absolute atomic E-state index is 0.176. The second-order valence-corrected chi connectivity index (χ2v) is 6.64. The molecule has 0 spiro atoms. The smallest absolute Gasteiger partial charge is 0.141 e. The number of rotatable bonds is 3. The highest BCUT2D eigenvalue weighted by molar-refractivity contribution is 5.59. The van der Waals surface area contributed by atoms with Gasteiger partial charge in [0.05, 0.1) is 12.8 Å². The van der Waals surface area contributed by atoms with E-state index in [1.54, 1.807) is 7.11 Å². The zero-order valence-corrected chi connectivity index (χ0v) is 12.8. The molecule has 1 aliphatic carbocycles. The van der Waals surface area contributed by atoms with E-state index in [-0.39, 0.29) is 5.41 Å². The summed E-state index contributed by atoms with van der Waals surface area (Å²) in [6.45, 7) is 6.75. The summed E-state index contributed by atoms with van der Waals surface area (Å²) >= 11 is 0. The molecule has 0 saturated heterocycles. The molecule has 19 heavy (non-hydrogen) atoms. The normalized spacial score (nSPS) is 17.3. The Balaban J connectivity index is 2.20. The third kappa shape index (κ3) is 3.65. The third-order valence-corrected chi connectivity index (χ3v) is 4.03.